The van der Waals surface area contributed by atoms with Gasteiger partial charge in [-0.15, -0.1) is 0 Å². The van der Waals surface area contributed by atoms with Crippen molar-refractivity contribution in [2.45, 2.75) is 20.4 Å². The summed E-state index contributed by atoms with van der Waals surface area (Å²) in [6.07, 6.45) is 3.45. The number of hydrogen-bond donors (Lipinski definition) is 1. The van der Waals surface area contributed by atoms with E-state index in [2.05, 4.69) is 9.97 Å². The van der Waals surface area contributed by atoms with Crippen LogP contribution in [-0.2, 0) is 6.54 Å². The average molecular weight is 229 g/mol. The van der Waals surface area contributed by atoms with Crippen LogP contribution in [0.3, 0.4) is 0 Å². The predicted molar refractivity (Wildman–Crippen MR) is 65.9 cm³/mol. The average Bonchev–Trinajstić information content (AvgIpc) is 2.35. The van der Waals surface area contributed by atoms with Crippen molar-refractivity contribution in [2.24, 2.45) is 5.73 Å². The lowest BCUT2D eigenvalue weighted by Gasteiger charge is -2.08. The monoisotopic (exact) mass is 229 g/mol. The van der Waals surface area contributed by atoms with Crippen LogP contribution in [0.4, 0.5) is 0 Å². The van der Waals surface area contributed by atoms with Gasteiger partial charge in [0.05, 0.1) is 0 Å². The molecule has 0 amide bonds. The molecule has 0 aliphatic rings. The van der Waals surface area contributed by atoms with Crippen molar-refractivity contribution in [2.75, 3.05) is 0 Å². The van der Waals surface area contributed by atoms with Gasteiger partial charge in [0.25, 0.3) is 0 Å². The third kappa shape index (κ3) is 2.79. The Bertz CT molecular complexity index is 509. The second kappa shape index (κ2) is 4.93. The lowest BCUT2D eigenvalue weighted by molar-refractivity contribution is 0.437. The largest absolute Gasteiger partial charge is 0.424 e. The molecule has 0 fully saturated rings. The number of nitrogens with two attached hydrogens (primary N) is 1. The molecule has 0 spiro atoms. The first kappa shape index (κ1) is 11.5. The fourth-order valence-corrected chi connectivity index (χ4v) is 1.41. The second-order valence-corrected chi connectivity index (χ2v) is 3.95. The zero-order valence-electron chi connectivity index (χ0n) is 9.97. The van der Waals surface area contributed by atoms with Crippen LogP contribution in [0.15, 0.2) is 30.6 Å². The molecule has 0 aliphatic heterocycles. The van der Waals surface area contributed by atoms with Gasteiger partial charge in [0, 0.05) is 18.9 Å². The van der Waals surface area contributed by atoms with Crippen molar-refractivity contribution in [3.05, 3.63) is 47.3 Å². The van der Waals surface area contributed by atoms with E-state index >= 15 is 0 Å². The van der Waals surface area contributed by atoms with E-state index in [4.69, 9.17) is 10.5 Å². The van der Waals surface area contributed by atoms with Gasteiger partial charge in [-0.05, 0) is 36.6 Å². The number of benzene rings is 1. The molecule has 1 heterocycles. The Balaban J connectivity index is 2.25. The fourth-order valence-electron chi connectivity index (χ4n) is 1.41. The summed E-state index contributed by atoms with van der Waals surface area (Å²) in [5, 5.41) is 0. The zero-order chi connectivity index (χ0) is 12.3. The van der Waals surface area contributed by atoms with Gasteiger partial charge < -0.3 is 10.5 Å². The summed E-state index contributed by atoms with van der Waals surface area (Å²) in [4.78, 5) is 8.21. The summed E-state index contributed by atoms with van der Waals surface area (Å²) in [6.45, 7) is 4.40. The number of nitrogens with zero attached hydrogens (tertiary/aromatic N) is 2. The summed E-state index contributed by atoms with van der Waals surface area (Å²) in [5.74, 6) is 0.747. The maximum Gasteiger partial charge on any atom is 0.321 e. The predicted octanol–water partition coefficient (Wildman–Crippen LogP) is 2.34. The molecule has 2 aromatic rings. The fraction of sp³-hybridized carbons (Fsp3) is 0.231. The molecule has 2 rings (SSSR count). The number of aryl methyl sites for hydroxylation is 2. The van der Waals surface area contributed by atoms with Gasteiger partial charge >= 0.3 is 6.01 Å². The highest BCUT2D eigenvalue weighted by molar-refractivity contribution is 5.38. The van der Waals surface area contributed by atoms with Crippen LogP contribution < -0.4 is 10.5 Å². The lowest BCUT2D eigenvalue weighted by atomic mass is 10.1. The molecule has 88 valence electrons. The van der Waals surface area contributed by atoms with Crippen molar-refractivity contribution in [1.29, 1.82) is 0 Å². The van der Waals surface area contributed by atoms with E-state index in [0.29, 0.717) is 12.6 Å². The molecule has 2 N–H and O–H groups in total. The minimum absolute atomic E-state index is 0.355. The van der Waals surface area contributed by atoms with E-state index in [1.54, 1.807) is 12.4 Å². The van der Waals surface area contributed by atoms with Crippen molar-refractivity contribution in [3.63, 3.8) is 0 Å². The smallest absolute Gasteiger partial charge is 0.321 e. The Hall–Kier alpha value is -1.94. The Labute approximate surface area is 100 Å². The summed E-state index contributed by atoms with van der Waals surface area (Å²) < 4.78 is 5.63. The molecule has 0 atom stereocenters. The number of aromatic nitrogens is 2. The van der Waals surface area contributed by atoms with Crippen LogP contribution in [-0.4, -0.2) is 9.97 Å². The van der Waals surface area contributed by atoms with E-state index in [-0.39, 0.29) is 0 Å². The van der Waals surface area contributed by atoms with E-state index in [1.165, 1.54) is 0 Å². The van der Waals surface area contributed by atoms with E-state index < -0.39 is 0 Å². The van der Waals surface area contributed by atoms with Crippen LogP contribution in [0.2, 0.25) is 0 Å². The van der Waals surface area contributed by atoms with Crippen molar-refractivity contribution < 1.29 is 4.74 Å². The first-order valence-electron chi connectivity index (χ1n) is 5.45. The number of ether oxygens (including phenoxy) is 1. The van der Waals surface area contributed by atoms with Gasteiger partial charge in [0.15, 0.2) is 0 Å². The highest BCUT2D eigenvalue weighted by Gasteiger charge is 2.04. The first-order chi connectivity index (χ1) is 8.19. The van der Waals surface area contributed by atoms with Crippen molar-refractivity contribution >= 4 is 0 Å². The van der Waals surface area contributed by atoms with Gasteiger partial charge in [0.1, 0.15) is 5.75 Å². The third-order valence-electron chi connectivity index (χ3n) is 2.45. The van der Waals surface area contributed by atoms with Gasteiger partial charge in [0.2, 0.25) is 0 Å². The maximum atomic E-state index is 5.63. The Morgan fingerprint density at radius 3 is 2.53 bits per heavy atom. The van der Waals surface area contributed by atoms with Crippen LogP contribution in [0.1, 0.15) is 16.7 Å². The highest BCUT2D eigenvalue weighted by atomic mass is 16.5. The topological polar surface area (TPSA) is 61.0 Å². The Kier molecular flexibility index (Phi) is 3.35. The lowest BCUT2D eigenvalue weighted by Crippen LogP contribution is -1.98. The molecule has 0 saturated carbocycles. The molecule has 0 saturated heterocycles. The van der Waals surface area contributed by atoms with Gasteiger partial charge in [-0.1, -0.05) is 12.1 Å². The summed E-state index contributed by atoms with van der Waals surface area (Å²) in [5.41, 5.74) is 8.66. The van der Waals surface area contributed by atoms with Gasteiger partial charge in [-0.3, -0.25) is 0 Å². The molecule has 0 aliphatic carbocycles. The molecule has 0 unspecified atom stereocenters. The SMILES string of the molecule is Cc1cnc(Oc2cc(CN)ccc2C)nc1. The Morgan fingerprint density at radius 1 is 1.18 bits per heavy atom. The number of rotatable bonds is 3. The molecule has 4 heteroatoms. The molecule has 0 bridgehead atoms. The van der Waals surface area contributed by atoms with E-state index in [9.17, 15) is 0 Å². The highest BCUT2D eigenvalue weighted by Crippen LogP contribution is 2.23. The minimum atomic E-state index is 0.355. The molecule has 17 heavy (non-hydrogen) atoms. The van der Waals surface area contributed by atoms with E-state index in [0.717, 1.165) is 22.4 Å². The molecule has 0 radical (unpaired) electrons. The zero-order valence-corrected chi connectivity index (χ0v) is 9.97. The van der Waals surface area contributed by atoms with Gasteiger partial charge in [-0.2, -0.15) is 0 Å². The number of hydrogen-bond acceptors (Lipinski definition) is 4. The molecule has 4 nitrogen and oxygen atoms in total. The van der Waals surface area contributed by atoms with Crippen LogP contribution >= 0.6 is 0 Å². The standard InChI is InChI=1S/C13H15N3O/c1-9-7-15-13(16-8-9)17-12-5-11(6-14)4-3-10(12)2/h3-5,7-8H,6,14H2,1-2H3. The minimum Gasteiger partial charge on any atom is -0.424 e. The summed E-state index contributed by atoms with van der Waals surface area (Å²) >= 11 is 0. The maximum absolute atomic E-state index is 5.63. The van der Waals surface area contributed by atoms with Crippen molar-refractivity contribution in [1.82, 2.24) is 9.97 Å². The molecular formula is C13H15N3O. The quantitative estimate of drug-likeness (QED) is 0.877. The molecule has 1 aromatic carbocycles. The van der Waals surface area contributed by atoms with E-state index in [1.807, 2.05) is 32.0 Å². The van der Waals surface area contributed by atoms with Gasteiger partial charge in [-0.25, -0.2) is 9.97 Å². The molecular weight excluding hydrogens is 214 g/mol. The summed E-state index contributed by atoms with van der Waals surface area (Å²) in [6, 6.07) is 6.23. The third-order valence-corrected chi connectivity index (χ3v) is 2.45. The van der Waals surface area contributed by atoms with Crippen molar-refractivity contribution in [3.8, 4) is 11.8 Å². The van der Waals surface area contributed by atoms with Crippen LogP contribution in [0.25, 0.3) is 0 Å². The summed E-state index contributed by atoms with van der Waals surface area (Å²) in [7, 11) is 0. The first-order valence-corrected chi connectivity index (χ1v) is 5.45. The Morgan fingerprint density at radius 2 is 1.88 bits per heavy atom. The van der Waals surface area contributed by atoms with Crippen LogP contribution in [0, 0.1) is 13.8 Å². The molecule has 1 aromatic heterocycles. The van der Waals surface area contributed by atoms with Crippen LogP contribution in [0.5, 0.6) is 11.8 Å². The second-order valence-electron chi connectivity index (χ2n) is 3.95. The normalized spacial score (nSPS) is 10.3.